The molecule has 0 saturated carbocycles. The van der Waals surface area contributed by atoms with Gasteiger partial charge in [0.25, 0.3) is 5.69 Å². The number of benzene rings is 2. The lowest BCUT2D eigenvalue weighted by molar-refractivity contribution is -0.385. The van der Waals surface area contributed by atoms with Crippen molar-refractivity contribution in [1.82, 2.24) is 0 Å². The number of nitro benzene ring substituents is 1. The van der Waals surface area contributed by atoms with E-state index in [-0.39, 0.29) is 18.0 Å². The van der Waals surface area contributed by atoms with Gasteiger partial charge in [-0.05, 0) is 25.5 Å². The molecule has 2 rings (SSSR count). The quantitative estimate of drug-likeness (QED) is 0.691. The van der Waals surface area contributed by atoms with Gasteiger partial charge in [0.2, 0.25) is 5.91 Å². The maximum Gasteiger partial charge on any atom is 0.273 e. The third-order valence-corrected chi connectivity index (χ3v) is 3.20. The zero-order valence-electron chi connectivity index (χ0n) is 11.9. The van der Waals surface area contributed by atoms with Crippen LogP contribution in [0.15, 0.2) is 42.5 Å². The number of aryl methyl sites for hydroxylation is 2. The van der Waals surface area contributed by atoms with E-state index in [9.17, 15) is 14.9 Å². The molecular weight excluding hydrogens is 268 g/mol. The number of hydrogen-bond donors (Lipinski definition) is 1. The van der Waals surface area contributed by atoms with Gasteiger partial charge in [-0.3, -0.25) is 14.9 Å². The predicted octanol–water partition coefficient (Wildman–Crippen LogP) is 3.39. The maximum absolute atomic E-state index is 12.1. The lowest BCUT2D eigenvalue weighted by Gasteiger charge is -2.09. The van der Waals surface area contributed by atoms with Crippen LogP contribution in [0.1, 0.15) is 16.7 Å². The van der Waals surface area contributed by atoms with E-state index in [4.69, 9.17) is 0 Å². The van der Waals surface area contributed by atoms with E-state index in [0.717, 1.165) is 16.8 Å². The number of amides is 1. The van der Waals surface area contributed by atoms with Crippen LogP contribution >= 0.6 is 0 Å². The smallest absolute Gasteiger partial charge is 0.273 e. The van der Waals surface area contributed by atoms with E-state index in [1.54, 1.807) is 18.2 Å². The molecule has 0 bridgehead atoms. The summed E-state index contributed by atoms with van der Waals surface area (Å²) < 4.78 is 0. The fourth-order valence-corrected chi connectivity index (χ4v) is 2.16. The van der Waals surface area contributed by atoms with Crippen LogP contribution in [0.4, 0.5) is 11.4 Å². The highest BCUT2D eigenvalue weighted by molar-refractivity contribution is 5.93. The van der Waals surface area contributed by atoms with Crippen molar-refractivity contribution >= 4 is 17.3 Å². The number of carbonyl (C=O) groups excluding carboxylic acids is 1. The van der Waals surface area contributed by atoms with Crippen LogP contribution in [-0.2, 0) is 11.2 Å². The van der Waals surface area contributed by atoms with Gasteiger partial charge in [0.1, 0.15) is 0 Å². The predicted molar refractivity (Wildman–Crippen MR) is 81.3 cm³/mol. The molecule has 1 N–H and O–H groups in total. The van der Waals surface area contributed by atoms with Crippen LogP contribution in [0.25, 0.3) is 0 Å². The summed E-state index contributed by atoms with van der Waals surface area (Å²) in [6, 6.07) is 12.0. The van der Waals surface area contributed by atoms with E-state index in [1.165, 1.54) is 6.07 Å². The minimum atomic E-state index is -0.472. The Morgan fingerprint density at radius 1 is 1.19 bits per heavy atom. The summed E-state index contributed by atoms with van der Waals surface area (Å²) in [6.07, 6.45) is -0.0233. The second-order valence-corrected chi connectivity index (χ2v) is 4.93. The Balaban J connectivity index is 2.14. The number of nitrogens with one attached hydrogen (secondary N) is 1. The molecule has 0 aliphatic rings. The van der Waals surface area contributed by atoms with Crippen molar-refractivity contribution in [2.45, 2.75) is 20.3 Å². The van der Waals surface area contributed by atoms with Gasteiger partial charge in [-0.2, -0.15) is 0 Å². The van der Waals surface area contributed by atoms with Crippen LogP contribution in [0.3, 0.4) is 0 Å². The minimum absolute atomic E-state index is 0.0233. The van der Waals surface area contributed by atoms with Crippen molar-refractivity contribution in [3.8, 4) is 0 Å². The first kappa shape index (κ1) is 14.7. The molecule has 0 fully saturated rings. The first-order chi connectivity index (χ1) is 9.97. The Hall–Kier alpha value is -2.69. The monoisotopic (exact) mass is 284 g/mol. The Bertz CT molecular complexity index is 696. The minimum Gasteiger partial charge on any atom is -0.326 e. The summed E-state index contributed by atoms with van der Waals surface area (Å²) in [7, 11) is 0. The molecule has 2 aromatic carbocycles. The van der Waals surface area contributed by atoms with Crippen LogP contribution in [0.2, 0.25) is 0 Å². The normalized spacial score (nSPS) is 10.2. The molecule has 0 aliphatic heterocycles. The molecular formula is C16H16N2O3. The topological polar surface area (TPSA) is 72.2 Å². The third-order valence-electron chi connectivity index (χ3n) is 3.20. The Morgan fingerprint density at radius 2 is 1.90 bits per heavy atom. The number of hydrogen-bond acceptors (Lipinski definition) is 3. The SMILES string of the molecule is Cc1ccc(NC(=O)Cc2ccccc2[N+](=O)[O-])c(C)c1. The van der Waals surface area contributed by atoms with Gasteiger partial charge in [0, 0.05) is 17.3 Å². The average molecular weight is 284 g/mol. The van der Waals surface area contributed by atoms with E-state index in [0.29, 0.717) is 5.56 Å². The van der Waals surface area contributed by atoms with Crippen molar-refractivity contribution in [2.24, 2.45) is 0 Å². The van der Waals surface area contributed by atoms with Crippen LogP contribution in [-0.4, -0.2) is 10.8 Å². The number of carbonyl (C=O) groups is 1. The Morgan fingerprint density at radius 3 is 2.57 bits per heavy atom. The van der Waals surface area contributed by atoms with Gasteiger partial charge < -0.3 is 5.32 Å². The van der Waals surface area contributed by atoms with Crippen molar-refractivity contribution in [3.63, 3.8) is 0 Å². The zero-order valence-corrected chi connectivity index (χ0v) is 11.9. The van der Waals surface area contributed by atoms with Gasteiger partial charge in [0.05, 0.1) is 11.3 Å². The fraction of sp³-hybridized carbons (Fsp3) is 0.188. The van der Waals surface area contributed by atoms with Gasteiger partial charge in [0.15, 0.2) is 0 Å². The highest BCUT2D eigenvalue weighted by Crippen LogP contribution is 2.20. The molecule has 0 saturated heterocycles. The second kappa shape index (κ2) is 6.17. The molecule has 0 unspecified atom stereocenters. The summed E-state index contributed by atoms with van der Waals surface area (Å²) in [5, 5.41) is 13.7. The number of rotatable bonds is 4. The molecule has 2 aromatic rings. The average Bonchev–Trinajstić information content (AvgIpc) is 2.42. The van der Waals surface area contributed by atoms with Crippen LogP contribution in [0.5, 0.6) is 0 Å². The van der Waals surface area contributed by atoms with Gasteiger partial charge in [-0.1, -0.05) is 35.9 Å². The van der Waals surface area contributed by atoms with Crippen LogP contribution in [0, 0.1) is 24.0 Å². The molecule has 0 heterocycles. The van der Waals surface area contributed by atoms with Gasteiger partial charge >= 0.3 is 0 Å². The molecule has 108 valence electrons. The summed E-state index contributed by atoms with van der Waals surface area (Å²) in [5.74, 6) is -0.267. The molecule has 0 aromatic heterocycles. The van der Waals surface area contributed by atoms with Crippen molar-refractivity contribution in [1.29, 1.82) is 0 Å². The van der Waals surface area contributed by atoms with Crippen LogP contribution < -0.4 is 5.32 Å². The Labute approximate surface area is 122 Å². The largest absolute Gasteiger partial charge is 0.326 e. The summed E-state index contributed by atoms with van der Waals surface area (Å²) >= 11 is 0. The molecule has 5 heteroatoms. The number of para-hydroxylation sites is 1. The summed E-state index contributed by atoms with van der Waals surface area (Å²) in [6.45, 7) is 3.89. The van der Waals surface area contributed by atoms with Crippen molar-refractivity contribution in [3.05, 3.63) is 69.3 Å². The molecule has 0 atom stereocenters. The third kappa shape index (κ3) is 3.66. The molecule has 0 aliphatic carbocycles. The first-order valence-electron chi connectivity index (χ1n) is 6.57. The lowest BCUT2D eigenvalue weighted by Crippen LogP contribution is -2.16. The van der Waals surface area contributed by atoms with Crippen molar-refractivity contribution in [2.75, 3.05) is 5.32 Å². The number of nitrogens with zero attached hydrogens (tertiary/aromatic N) is 1. The highest BCUT2D eigenvalue weighted by atomic mass is 16.6. The molecule has 1 amide bonds. The maximum atomic E-state index is 12.1. The number of nitro groups is 1. The summed E-state index contributed by atoms with van der Waals surface area (Å²) in [5.41, 5.74) is 3.18. The molecule has 5 nitrogen and oxygen atoms in total. The molecule has 21 heavy (non-hydrogen) atoms. The van der Waals surface area contributed by atoms with E-state index < -0.39 is 4.92 Å². The number of anilines is 1. The Kier molecular flexibility index (Phi) is 4.33. The van der Waals surface area contributed by atoms with Gasteiger partial charge in [-0.15, -0.1) is 0 Å². The van der Waals surface area contributed by atoms with Crippen molar-refractivity contribution < 1.29 is 9.72 Å². The lowest BCUT2D eigenvalue weighted by atomic mass is 10.1. The zero-order chi connectivity index (χ0) is 15.4. The fourth-order valence-electron chi connectivity index (χ4n) is 2.16. The van der Waals surface area contributed by atoms with E-state index >= 15 is 0 Å². The first-order valence-corrected chi connectivity index (χ1v) is 6.57. The highest BCUT2D eigenvalue weighted by Gasteiger charge is 2.15. The summed E-state index contributed by atoms with van der Waals surface area (Å²) in [4.78, 5) is 22.5. The van der Waals surface area contributed by atoms with Gasteiger partial charge in [-0.25, -0.2) is 0 Å². The standard InChI is InChI=1S/C16H16N2O3/c1-11-7-8-14(12(2)9-11)17-16(19)10-13-5-3-4-6-15(13)18(20)21/h3-9H,10H2,1-2H3,(H,17,19). The molecule has 0 radical (unpaired) electrons. The van der Waals surface area contributed by atoms with E-state index in [2.05, 4.69) is 5.32 Å². The second-order valence-electron chi connectivity index (χ2n) is 4.93. The molecule has 0 spiro atoms. The van der Waals surface area contributed by atoms with E-state index in [1.807, 2.05) is 32.0 Å².